The first-order valence-electron chi connectivity index (χ1n) is 4.63. The van der Waals surface area contributed by atoms with Crippen molar-refractivity contribution >= 4 is 35.1 Å². The second kappa shape index (κ2) is 4.29. The van der Waals surface area contributed by atoms with Crippen molar-refractivity contribution in [1.29, 1.82) is 0 Å². The van der Waals surface area contributed by atoms with Crippen molar-refractivity contribution in [1.82, 2.24) is 4.98 Å². The average molecular weight is 240 g/mol. The Labute approximate surface area is 97.7 Å². The van der Waals surface area contributed by atoms with Gasteiger partial charge in [0.2, 0.25) is 0 Å². The minimum Gasteiger partial charge on any atom is -0.357 e. The van der Waals surface area contributed by atoms with Crippen LogP contribution in [-0.2, 0) is 6.42 Å². The number of H-pyrrole nitrogens is 1. The molecule has 0 radical (unpaired) electrons. The molecule has 78 valence electrons. The Morgan fingerprint density at radius 2 is 2.20 bits per heavy atom. The van der Waals surface area contributed by atoms with Crippen LogP contribution in [0.5, 0.6) is 0 Å². The molecule has 4 heteroatoms. The molecule has 0 aliphatic heterocycles. The number of benzene rings is 1. The molecule has 0 atom stereocenters. The van der Waals surface area contributed by atoms with Crippen molar-refractivity contribution in [2.24, 2.45) is 0 Å². The van der Waals surface area contributed by atoms with Crippen LogP contribution in [0.25, 0.3) is 10.9 Å². The largest absolute Gasteiger partial charge is 0.357 e. The number of fused-ring (bicyclic) bond motifs is 1. The molecule has 2 aromatic rings. The van der Waals surface area contributed by atoms with Gasteiger partial charge in [0.1, 0.15) is 0 Å². The Morgan fingerprint density at radius 1 is 1.40 bits per heavy atom. The van der Waals surface area contributed by atoms with Crippen molar-refractivity contribution in [3.63, 3.8) is 0 Å². The summed E-state index contributed by atoms with van der Waals surface area (Å²) < 4.78 is 0. The molecule has 1 heterocycles. The predicted octanol–water partition coefficient (Wildman–Crippen LogP) is 2.65. The zero-order valence-corrected chi connectivity index (χ0v) is 9.61. The van der Waals surface area contributed by atoms with Gasteiger partial charge in [-0.3, -0.25) is 4.79 Å². The molecule has 1 N–H and O–H groups in total. The summed E-state index contributed by atoms with van der Waals surface area (Å²) in [7, 11) is 0. The van der Waals surface area contributed by atoms with Crippen LogP contribution in [0.1, 0.15) is 5.69 Å². The highest BCUT2D eigenvalue weighted by atomic mass is 35.5. The topological polar surface area (TPSA) is 32.9 Å². The van der Waals surface area contributed by atoms with Crippen molar-refractivity contribution < 1.29 is 0 Å². The normalized spacial score (nSPS) is 10.8. The Kier molecular flexibility index (Phi) is 3.03. The maximum absolute atomic E-state index is 11.7. The molecule has 0 spiro atoms. The molecule has 0 amide bonds. The van der Waals surface area contributed by atoms with E-state index in [2.05, 4.69) is 17.6 Å². The lowest BCUT2D eigenvalue weighted by molar-refractivity contribution is 1.07. The van der Waals surface area contributed by atoms with Gasteiger partial charge in [-0.2, -0.15) is 12.6 Å². The summed E-state index contributed by atoms with van der Waals surface area (Å²) in [6.07, 6.45) is 0.736. The molecule has 0 saturated heterocycles. The SMILES string of the molecule is O=c1cc(CCS)[nH]c2c(Cl)cccc12. The van der Waals surface area contributed by atoms with E-state index in [9.17, 15) is 4.79 Å². The van der Waals surface area contributed by atoms with E-state index in [1.54, 1.807) is 24.3 Å². The molecule has 0 aliphatic rings. The number of aromatic amines is 1. The molecule has 2 nitrogen and oxygen atoms in total. The quantitative estimate of drug-likeness (QED) is 0.776. The van der Waals surface area contributed by atoms with Crippen LogP contribution in [0.4, 0.5) is 0 Å². The number of rotatable bonds is 2. The second-order valence-corrected chi connectivity index (χ2v) is 4.15. The third kappa shape index (κ3) is 2.03. The minimum absolute atomic E-state index is 0.00281. The molecule has 0 bridgehead atoms. The summed E-state index contributed by atoms with van der Waals surface area (Å²) in [5, 5.41) is 1.20. The Hall–Kier alpha value is -0.930. The Morgan fingerprint density at radius 3 is 2.93 bits per heavy atom. The summed E-state index contributed by atoms with van der Waals surface area (Å²) >= 11 is 10.1. The minimum atomic E-state index is 0.00281. The number of aromatic nitrogens is 1. The Bertz CT molecular complexity index is 550. The molecule has 1 aromatic heterocycles. The first-order chi connectivity index (χ1) is 7.22. The van der Waals surface area contributed by atoms with Crippen LogP contribution in [0.3, 0.4) is 0 Å². The van der Waals surface area contributed by atoms with E-state index in [1.807, 2.05) is 0 Å². The van der Waals surface area contributed by atoms with Gasteiger partial charge in [0.25, 0.3) is 0 Å². The number of thiol groups is 1. The highest BCUT2D eigenvalue weighted by Gasteiger charge is 2.04. The lowest BCUT2D eigenvalue weighted by atomic mass is 10.2. The molecule has 0 aliphatic carbocycles. The van der Waals surface area contributed by atoms with Crippen LogP contribution >= 0.6 is 24.2 Å². The third-order valence-electron chi connectivity index (χ3n) is 2.25. The number of hydrogen-bond acceptors (Lipinski definition) is 2. The van der Waals surface area contributed by atoms with E-state index < -0.39 is 0 Å². The van der Waals surface area contributed by atoms with Crippen LogP contribution in [0.2, 0.25) is 5.02 Å². The van der Waals surface area contributed by atoms with Crippen LogP contribution in [0.15, 0.2) is 29.1 Å². The monoisotopic (exact) mass is 239 g/mol. The highest BCUT2D eigenvalue weighted by Crippen LogP contribution is 2.18. The lowest BCUT2D eigenvalue weighted by Gasteiger charge is -2.03. The number of para-hydroxylation sites is 1. The van der Waals surface area contributed by atoms with Gasteiger partial charge in [-0.15, -0.1) is 0 Å². The average Bonchev–Trinajstić information content (AvgIpc) is 2.20. The summed E-state index contributed by atoms with van der Waals surface area (Å²) in [6.45, 7) is 0. The summed E-state index contributed by atoms with van der Waals surface area (Å²) in [4.78, 5) is 14.9. The number of hydrogen-bond donors (Lipinski definition) is 2. The fourth-order valence-electron chi connectivity index (χ4n) is 1.54. The highest BCUT2D eigenvalue weighted by molar-refractivity contribution is 7.80. The molecule has 1 aromatic carbocycles. The number of halogens is 1. The molecule has 0 saturated carbocycles. The van der Waals surface area contributed by atoms with Gasteiger partial charge in [0, 0.05) is 17.1 Å². The fraction of sp³-hybridized carbons (Fsp3) is 0.182. The zero-order valence-electron chi connectivity index (χ0n) is 7.96. The van der Waals surface area contributed by atoms with Crippen LogP contribution in [0, 0.1) is 0 Å². The molecule has 0 unspecified atom stereocenters. The van der Waals surface area contributed by atoms with Crippen molar-refractivity contribution in [3.8, 4) is 0 Å². The zero-order chi connectivity index (χ0) is 10.8. The first-order valence-corrected chi connectivity index (χ1v) is 5.64. The molecule has 15 heavy (non-hydrogen) atoms. The van der Waals surface area contributed by atoms with Crippen LogP contribution in [-0.4, -0.2) is 10.7 Å². The number of pyridine rings is 1. The van der Waals surface area contributed by atoms with Crippen molar-refractivity contribution in [2.75, 3.05) is 5.75 Å². The number of nitrogens with one attached hydrogen (secondary N) is 1. The van der Waals surface area contributed by atoms with Crippen molar-refractivity contribution in [2.45, 2.75) is 6.42 Å². The van der Waals surface area contributed by atoms with Gasteiger partial charge < -0.3 is 4.98 Å². The van der Waals surface area contributed by atoms with Gasteiger partial charge in [-0.25, -0.2) is 0 Å². The lowest BCUT2D eigenvalue weighted by Crippen LogP contribution is -2.05. The smallest absolute Gasteiger partial charge is 0.189 e. The summed E-state index contributed by atoms with van der Waals surface area (Å²) in [6, 6.07) is 6.92. The van der Waals surface area contributed by atoms with E-state index in [1.165, 1.54) is 0 Å². The maximum atomic E-state index is 11.7. The second-order valence-electron chi connectivity index (χ2n) is 3.29. The van der Waals surface area contributed by atoms with E-state index in [0.29, 0.717) is 21.7 Å². The van der Waals surface area contributed by atoms with Gasteiger partial charge in [-0.1, -0.05) is 17.7 Å². The van der Waals surface area contributed by atoms with E-state index >= 15 is 0 Å². The maximum Gasteiger partial charge on any atom is 0.189 e. The standard InChI is InChI=1S/C11H10ClNOS/c12-9-3-1-2-8-10(14)6-7(4-5-15)13-11(8)9/h1-3,6,15H,4-5H2,(H,13,14). The van der Waals surface area contributed by atoms with E-state index in [4.69, 9.17) is 11.6 Å². The van der Waals surface area contributed by atoms with Crippen molar-refractivity contribution in [3.05, 3.63) is 45.2 Å². The first kappa shape index (κ1) is 10.6. The van der Waals surface area contributed by atoms with Gasteiger partial charge in [0.05, 0.1) is 10.5 Å². The third-order valence-corrected chi connectivity index (χ3v) is 2.79. The van der Waals surface area contributed by atoms with E-state index in [-0.39, 0.29) is 5.43 Å². The molecule has 2 rings (SSSR count). The summed E-state index contributed by atoms with van der Waals surface area (Å²) in [5.41, 5.74) is 1.59. The summed E-state index contributed by atoms with van der Waals surface area (Å²) in [5.74, 6) is 0.700. The fourth-order valence-corrected chi connectivity index (χ4v) is 2.01. The molecule has 0 fully saturated rings. The molecular weight excluding hydrogens is 230 g/mol. The van der Waals surface area contributed by atoms with Gasteiger partial charge in [-0.05, 0) is 24.3 Å². The van der Waals surface area contributed by atoms with Gasteiger partial charge >= 0.3 is 0 Å². The molecular formula is C11H10ClNOS. The van der Waals surface area contributed by atoms with E-state index in [0.717, 1.165) is 12.1 Å². The number of aryl methyl sites for hydroxylation is 1. The van der Waals surface area contributed by atoms with Crippen LogP contribution < -0.4 is 5.43 Å². The Balaban J connectivity index is 2.74. The van der Waals surface area contributed by atoms with Gasteiger partial charge in [0.15, 0.2) is 5.43 Å². The predicted molar refractivity (Wildman–Crippen MR) is 67.1 cm³/mol.